The third-order valence-corrected chi connectivity index (χ3v) is 9.39. The van der Waals surface area contributed by atoms with Crippen molar-refractivity contribution in [3.05, 3.63) is 0 Å². The van der Waals surface area contributed by atoms with Gasteiger partial charge in [-0.3, -0.25) is 38.4 Å². The van der Waals surface area contributed by atoms with Gasteiger partial charge in [0, 0.05) is 6.42 Å². The van der Waals surface area contributed by atoms with E-state index in [1.165, 1.54) is 6.92 Å². The topological polar surface area (TPSA) is 345 Å². The van der Waals surface area contributed by atoms with Crippen LogP contribution in [-0.2, 0) is 43.2 Å². The van der Waals surface area contributed by atoms with Gasteiger partial charge in [0.1, 0.15) is 48.1 Å². The number of carboxylic acids is 1. The van der Waals surface area contributed by atoms with Crippen molar-refractivity contribution in [1.29, 1.82) is 0 Å². The number of Topliss-reactive ketones (excluding diaryl/α,β-unsaturated/α-hetero) is 1. The number of ketones is 1. The second-order valence-electron chi connectivity index (χ2n) is 15.6. The average molecular weight is 845 g/mol. The summed E-state index contributed by atoms with van der Waals surface area (Å²) in [6.07, 6.45) is -1.41. The molecule has 13 N–H and O–H groups in total. The number of carbonyl (C=O) groups excluding carboxylic acids is 8. The number of nitrogens with two attached hydrogens (primary N) is 1. The van der Waals surface area contributed by atoms with Crippen LogP contribution in [0.1, 0.15) is 101 Å². The van der Waals surface area contributed by atoms with Crippen molar-refractivity contribution in [3.8, 4) is 0 Å². The summed E-state index contributed by atoms with van der Waals surface area (Å²) in [5.74, 6) is -9.23. The molecule has 59 heavy (non-hydrogen) atoms. The molecule has 0 bridgehead atoms. The maximum atomic E-state index is 13.8. The van der Waals surface area contributed by atoms with Crippen LogP contribution in [0.15, 0.2) is 0 Å². The molecule has 1 unspecified atom stereocenters. The Bertz CT molecular complexity index is 1440. The van der Waals surface area contributed by atoms with Crippen LogP contribution in [0.2, 0.25) is 0 Å². The molecule has 0 spiro atoms. The van der Waals surface area contributed by atoms with Gasteiger partial charge in [0.05, 0.1) is 25.4 Å². The first-order valence-electron chi connectivity index (χ1n) is 20.0. The molecule has 0 aliphatic carbocycles. The minimum Gasteiger partial charge on any atom is -0.480 e. The van der Waals surface area contributed by atoms with Gasteiger partial charge in [-0.05, 0) is 44.4 Å². The Hall–Kier alpha value is -4.73. The maximum Gasteiger partial charge on any atom is 0.328 e. The van der Waals surface area contributed by atoms with Crippen LogP contribution < -0.4 is 43.0 Å². The molecule has 0 aromatic rings. The highest BCUT2D eigenvalue weighted by Gasteiger charge is 2.36. The Labute approximate surface area is 345 Å². The summed E-state index contributed by atoms with van der Waals surface area (Å²) < 4.78 is 0. The van der Waals surface area contributed by atoms with Crippen molar-refractivity contribution < 1.29 is 63.6 Å². The minimum atomic E-state index is -1.72. The third kappa shape index (κ3) is 19.7. The highest BCUT2D eigenvalue weighted by Crippen LogP contribution is 2.13. The number of hydrogen-bond acceptors (Lipinski definition) is 13. The lowest BCUT2D eigenvalue weighted by Gasteiger charge is -2.30. The van der Waals surface area contributed by atoms with E-state index < -0.39 is 133 Å². The van der Waals surface area contributed by atoms with E-state index in [0.717, 1.165) is 6.92 Å². The van der Waals surface area contributed by atoms with E-state index >= 15 is 0 Å². The summed E-state index contributed by atoms with van der Waals surface area (Å²) in [6, 6.07) is -9.81. The summed E-state index contributed by atoms with van der Waals surface area (Å²) in [5.41, 5.74) is 5.95. The lowest BCUT2D eigenvalue weighted by Crippen LogP contribution is -2.62. The van der Waals surface area contributed by atoms with Crippen LogP contribution in [0, 0.1) is 17.8 Å². The van der Waals surface area contributed by atoms with Crippen LogP contribution in [0.5, 0.6) is 0 Å². The summed E-state index contributed by atoms with van der Waals surface area (Å²) in [4.78, 5) is 115. The lowest BCUT2D eigenvalue weighted by molar-refractivity contribution is -0.143. The molecular weight excluding hydrogens is 776 g/mol. The first kappa shape index (κ1) is 54.3. The molecule has 0 fully saturated rings. The van der Waals surface area contributed by atoms with E-state index in [1.807, 2.05) is 26.1 Å². The highest BCUT2D eigenvalue weighted by atomic mass is 16.4. The van der Waals surface area contributed by atoms with Crippen molar-refractivity contribution >= 4 is 53.1 Å². The van der Waals surface area contributed by atoms with Crippen LogP contribution in [0.4, 0.5) is 0 Å². The summed E-state index contributed by atoms with van der Waals surface area (Å²) in [6.45, 7) is 12.8. The fourth-order valence-corrected chi connectivity index (χ4v) is 5.57. The SMILES string of the molecule is CCCC[C@@H](NC(=O)[C@H](CC(C)C)NC(=O)[C@@H](N)[C@H](O)C(C)C)C(=O)NC(C(=O)N[C@H](C(=O)NCC(=O)N[C@@H](CC(C)=O)C(=O)N[C@@H](CO)C(=O)O)[C@H](C)O)[C@@H](C)CC. The summed E-state index contributed by atoms with van der Waals surface area (Å²) >= 11 is 0. The lowest BCUT2D eigenvalue weighted by atomic mass is 9.96. The number of rotatable bonds is 28. The molecule has 338 valence electrons. The molecule has 0 aromatic heterocycles. The molecule has 0 aliphatic rings. The van der Waals surface area contributed by atoms with E-state index in [4.69, 9.17) is 10.8 Å². The molecule has 0 rings (SSSR count). The normalized spacial score (nSPS) is 16.4. The monoisotopic (exact) mass is 844 g/mol. The number of hydrogen-bond donors (Lipinski definition) is 12. The predicted octanol–water partition coefficient (Wildman–Crippen LogP) is -2.93. The van der Waals surface area contributed by atoms with Gasteiger partial charge in [-0.15, -0.1) is 0 Å². The minimum absolute atomic E-state index is 0.0757. The van der Waals surface area contributed by atoms with E-state index in [0.29, 0.717) is 19.3 Å². The molecule has 21 heteroatoms. The zero-order valence-electron chi connectivity index (χ0n) is 35.6. The number of unbranched alkanes of at least 4 members (excludes halogenated alkanes) is 1. The Morgan fingerprint density at radius 3 is 1.64 bits per heavy atom. The number of carbonyl (C=O) groups is 9. The third-order valence-electron chi connectivity index (χ3n) is 9.39. The molecule has 21 nitrogen and oxygen atoms in total. The first-order chi connectivity index (χ1) is 27.4. The van der Waals surface area contributed by atoms with Gasteiger partial charge in [-0.1, -0.05) is 67.7 Å². The van der Waals surface area contributed by atoms with Gasteiger partial charge in [-0.25, -0.2) is 4.79 Å². The van der Waals surface area contributed by atoms with Gasteiger partial charge in [0.2, 0.25) is 41.4 Å². The molecule has 0 aromatic carbocycles. The quantitative estimate of drug-likeness (QED) is 0.0376. The van der Waals surface area contributed by atoms with Crippen molar-refractivity contribution in [2.24, 2.45) is 23.5 Å². The summed E-state index contributed by atoms with van der Waals surface area (Å²) in [5, 5.41) is 55.8. The van der Waals surface area contributed by atoms with Gasteiger partial charge >= 0.3 is 5.97 Å². The number of amides is 7. The number of aliphatic hydroxyl groups is 3. The van der Waals surface area contributed by atoms with Gasteiger partial charge in [0.25, 0.3) is 0 Å². The van der Waals surface area contributed by atoms with Crippen LogP contribution in [-0.4, -0.2) is 141 Å². The van der Waals surface area contributed by atoms with Crippen LogP contribution in [0.3, 0.4) is 0 Å². The van der Waals surface area contributed by atoms with Gasteiger partial charge in [-0.2, -0.15) is 0 Å². The Kier molecular flexibility index (Phi) is 24.9. The van der Waals surface area contributed by atoms with Crippen molar-refractivity contribution in [1.82, 2.24) is 37.2 Å². The number of carboxylic acid groups (broad SMARTS) is 1. The second-order valence-corrected chi connectivity index (χ2v) is 15.6. The van der Waals surface area contributed by atoms with E-state index in [9.17, 15) is 58.5 Å². The highest BCUT2D eigenvalue weighted by molar-refractivity contribution is 5.98. The second kappa shape index (κ2) is 27.1. The number of aliphatic carboxylic acids is 1. The zero-order valence-corrected chi connectivity index (χ0v) is 35.6. The number of aliphatic hydroxyl groups excluding tert-OH is 3. The molecule has 7 amide bonds. The van der Waals surface area contributed by atoms with Gasteiger partial charge < -0.3 is 63.4 Å². The Morgan fingerprint density at radius 2 is 1.17 bits per heavy atom. The molecule has 0 saturated carbocycles. The standard InChI is InChI=1S/C38H68N8O13/c1-10-12-13-23(42-33(53)24(14-18(3)4)43-35(55)28(39)31(51)19(5)6)32(52)45-29(20(7)11-2)37(57)46-30(22(9)49)36(56)40-16-27(50)41-25(15-21(8)48)34(54)44-26(17-47)38(58)59/h18-20,22-26,28-31,47,49,51H,10-17,39H2,1-9H3,(H,40,56)(H,41,50)(H,42,53)(H,43,55)(H,44,54)(H,45,52)(H,46,57)(H,58,59)/t20-,22-,23+,24-,25-,26-,28-,29?,30-,31+/m0/s1. The first-order valence-corrected chi connectivity index (χ1v) is 20.0. The fraction of sp³-hybridized carbons (Fsp3) is 0.763. The fourth-order valence-electron chi connectivity index (χ4n) is 5.57. The van der Waals surface area contributed by atoms with Crippen molar-refractivity contribution in [3.63, 3.8) is 0 Å². The van der Waals surface area contributed by atoms with E-state index in [1.54, 1.807) is 27.7 Å². The largest absolute Gasteiger partial charge is 0.480 e. The molecular formula is C38H68N8O13. The number of nitrogens with one attached hydrogen (secondary N) is 7. The van der Waals surface area contributed by atoms with Crippen LogP contribution >= 0.6 is 0 Å². The smallest absolute Gasteiger partial charge is 0.328 e. The average Bonchev–Trinajstić information content (AvgIpc) is 3.15. The molecule has 0 radical (unpaired) electrons. The van der Waals surface area contributed by atoms with Crippen molar-refractivity contribution in [2.75, 3.05) is 13.2 Å². The Balaban J connectivity index is 6.06. The maximum absolute atomic E-state index is 13.8. The van der Waals surface area contributed by atoms with E-state index in [-0.39, 0.29) is 24.7 Å². The molecule has 0 saturated heterocycles. The zero-order chi connectivity index (χ0) is 45.7. The molecule has 0 heterocycles. The predicted molar refractivity (Wildman–Crippen MR) is 214 cm³/mol. The van der Waals surface area contributed by atoms with Gasteiger partial charge in [0.15, 0.2) is 0 Å². The molecule has 0 aliphatic heterocycles. The van der Waals surface area contributed by atoms with Crippen molar-refractivity contribution in [2.45, 2.75) is 155 Å². The Morgan fingerprint density at radius 1 is 0.644 bits per heavy atom. The summed E-state index contributed by atoms with van der Waals surface area (Å²) in [7, 11) is 0. The van der Waals surface area contributed by atoms with E-state index in [2.05, 4.69) is 31.9 Å². The molecule has 10 atom stereocenters. The van der Waals surface area contributed by atoms with Crippen LogP contribution in [0.25, 0.3) is 0 Å².